The van der Waals surface area contributed by atoms with Gasteiger partial charge in [0, 0.05) is 44.5 Å². The number of benzene rings is 6. The van der Waals surface area contributed by atoms with E-state index < -0.39 is 0 Å². The molecule has 7 aromatic rings. The summed E-state index contributed by atoms with van der Waals surface area (Å²) in [5.41, 5.74) is 6.21. The lowest BCUT2D eigenvalue weighted by Gasteiger charge is -2.29. The molecule has 204 valence electrons. The molecule has 42 heavy (non-hydrogen) atoms. The van der Waals surface area contributed by atoms with Gasteiger partial charge in [0.05, 0.1) is 18.4 Å². The number of Topliss-reactive ketones (excluding diaryl/α,β-unsaturated/α-hetero) is 1. The van der Waals surface area contributed by atoms with Crippen LogP contribution in [0.4, 0.5) is 17.1 Å². The third kappa shape index (κ3) is 4.03. The van der Waals surface area contributed by atoms with Gasteiger partial charge in [-0.15, -0.1) is 0 Å². The number of methoxy groups -OCH3 is 1. The number of furan rings is 1. The summed E-state index contributed by atoms with van der Waals surface area (Å²) in [6, 6.07) is 41.6. The fraction of sp³-hybridized carbons (Fsp3) is 0.0789. The van der Waals surface area contributed by atoms with Crippen LogP contribution in [0.2, 0.25) is 0 Å². The highest BCUT2D eigenvalue weighted by Gasteiger charge is 2.25. The Kier molecular flexibility index (Phi) is 6.24. The Balaban J connectivity index is 1.61. The van der Waals surface area contributed by atoms with Crippen LogP contribution >= 0.6 is 0 Å². The van der Waals surface area contributed by atoms with Crippen LogP contribution in [-0.2, 0) is 9.53 Å². The Morgan fingerprint density at radius 3 is 1.76 bits per heavy atom. The van der Waals surface area contributed by atoms with E-state index in [9.17, 15) is 4.79 Å². The minimum Gasteiger partial charge on any atom is -0.501 e. The number of carbonyl (C=O) groups excluding carboxylic acids is 1. The molecule has 0 N–H and O–H groups in total. The van der Waals surface area contributed by atoms with Gasteiger partial charge in [-0.1, -0.05) is 84.9 Å². The summed E-state index contributed by atoms with van der Waals surface area (Å²) in [6.07, 6.45) is 0. The van der Waals surface area contributed by atoms with Crippen LogP contribution in [0.15, 0.2) is 132 Å². The third-order valence-corrected chi connectivity index (χ3v) is 8.02. The lowest BCUT2D eigenvalue weighted by Crippen LogP contribution is -2.12. The predicted molar refractivity (Wildman–Crippen MR) is 174 cm³/mol. The zero-order valence-corrected chi connectivity index (χ0v) is 23.7. The van der Waals surface area contributed by atoms with E-state index in [-0.39, 0.29) is 5.78 Å². The second-order valence-electron chi connectivity index (χ2n) is 10.5. The molecule has 0 aliphatic heterocycles. The second-order valence-corrected chi connectivity index (χ2v) is 10.5. The maximum absolute atomic E-state index is 13.1. The van der Waals surface area contributed by atoms with Gasteiger partial charge in [-0.05, 0) is 55.0 Å². The molecular weight excluding hydrogens is 518 g/mol. The fourth-order valence-corrected chi connectivity index (χ4v) is 6.16. The van der Waals surface area contributed by atoms with Crippen LogP contribution in [0, 0.1) is 0 Å². The molecule has 0 radical (unpaired) electrons. The Morgan fingerprint density at radius 1 is 0.595 bits per heavy atom. The maximum atomic E-state index is 13.1. The van der Waals surface area contributed by atoms with Crippen LogP contribution in [0.5, 0.6) is 0 Å². The van der Waals surface area contributed by atoms with Gasteiger partial charge in [-0.25, -0.2) is 0 Å². The molecule has 0 bridgehead atoms. The molecule has 0 aliphatic rings. The summed E-state index contributed by atoms with van der Waals surface area (Å²) in [5.74, 6) is 0.563. The molecule has 4 nitrogen and oxygen atoms in total. The number of nitrogens with zero attached hydrogens (tertiary/aromatic N) is 1. The second kappa shape index (κ2) is 10.2. The Hall–Kier alpha value is -5.35. The number of hydrogen-bond donors (Lipinski definition) is 0. The first-order valence-corrected chi connectivity index (χ1v) is 14.0. The number of para-hydroxylation sites is 2. The zero-order valence-electron chi connectivity index (χ0n) is 23.7. The molecule has 0 fully saturated rings. The van der Waals surface area contributed by atoms with Gasteiger partial charge in [0.2, 0.25) is 0 Å². The zero-order chi connectivity index (χ0) is 28.8. The lowest BCUT2D eigenvalue weighted by molar-refractivity contribution is -0.111. The van der Waals surface area contributed by atoms with Crippen molar-refractivity contribution in [1.29, 1.82) is 0 Å². The minimum absolute atomic E-state index is 0.0346. The van der Waals surface area contributed by atoms with Gasteiger partial charge in [0.1, 0.15) is 16.9 Å². The van der Waals surface area contributed by atoms with Gasteiger partial charge in [-0.3, -0.25) is 4.79 Å². The third-order valence-electron chi connectivity index (χ3n) is 8.02. The van der Waals surface area contributed by atoms with Crippen molar-refractivity contribution in [3.8, 4) is 0 Å². The highest BCUT2D eigenvalue weighted by Crippen LogP contribution is 2.48. The Morgan fingerprint density at radius 2 is 1.14 bits per heavy atom. The Labute approximate surface area is 244 Å². The van der Waals surface area contributed by atoms with Crippen molar-refractivity contribution >= 4 is 71.9 Å². The molecule has 4 heteroatoms. The molecule has 6 aromatic carbocycles. The first-order valence-electron chi connectivity index (χ1n) is 14.0. The maximum Gasteiger partial charge on any atom is 0.163 e. The van der Waals surface area contributed by atoms with Crippen molar-refractivity contribution in [3.05, 3.63) is 133 Å². The van der Waals surface area contributed by atoms with Gasteiger partial charge >= 0.3 is 0 Å². The van der Waals surface area contributed by atoms with Crippen molar-refractivity contribution in [3.63, 3.8) is 0 Å². The van der Waals surface area contributed by atoms with Gasteiger partial charge in [0.15, 0.2) is 5.78 Å². The molecule has 0 saturated carbocycles. The van der Waals surface area contributed by atoms with E-state index in [2.05, 4.69) is 89.8 Å². The molecule has 7 rings (SSSR count). The van der Waals surface area contributed by atoms with E-state index >= 15 is 0 Å². The van der Waals surface area contributed by atoms with E-state index in [1.165, 1.54) is 0 Å². The minimum atomic E-state index is -0.0346. The van der Waals surface area contributed by atoms with Gasteiger partial charge in [0.25, 0.3) is 0 Å². The van der Waals surface area contributed by atoms with Crippen molar-refractivity contribution in [2.24, 2.45) is 0 Å². The summed E-state index contributed by atoms with van der Waals surface area (Å²) >= 11 is 0. The van der Waals surface area contributed by atoms with Crippen LogP contribution in [0.25, 0.3) is 49.1 Å². The topological polar surface area (TPSA) is 42.7 Å². The standard InChI is InChI=1S/C38H29NO3/c1-24(40)36(25(2)41-3)37-30-16-7-9-18-32(30)38(33-19-10-8-17-31(33)37)39(26-13-5-4-6-14-26)27-21-22-29-28-15-11-12-20-34(28)42-35(29)23-27/h4-23H,1-3H3/b36-25+. The fourth-order valence-electron chi connectivity index (χ4n) is 6.16. The summed E-state index contributed by atoms with van der Waals surface area (Å²) in [5, 5.41) is 6.21. The number of fused-ring (bicyclic) bond motifs is 5. The molecule has 0 spiro atoms. The van der Waals surface area contributed by atoms with E-state index in [1.807, 2.05) is 43.3 Å². The van der Waals surface area contributed by atoms with E-state index in [1.54, 1.807) is 14.0 Å². The van der Waals surface area contributed by atoms with Gasteiger partial charge < -0.3 is 14.1 Å². The van der Waals surface area contributed by atoms with E-state index in [0.717, 1.165) is 66.1 Å². The average molecular weight is 548 g/mol. The number of carbonyl (C=O) groups is 1. The van der Waals surface area contributed by atoms with Crippen molar-refractivity contribution < 1.29 is 13.9 Å². The number of ether oxygens (including phenoxy) is 1. The smallest absolute Gasteiger partial charge is 0.163 e. The normalized spacial score (nSPS) is 12.2. The predicted octanol–water partition coefficient (Wildman–Crippen LogP) is 10.3. The van der Waals surface area contributed by atoms with Crippen LogP contribution < -0.4 is 4.90 Å². The highest BCUT2D eigenvalue weighted by atomic mass is 16.5. The number of rotatable bonds is 6. The number of anilines is 3. The molecule has 0 unspecified atom stereocenters. The lowest BCUT2D eigenvalue weighted by atomic mass is 9.88. The van der Waals surface area contributed by atoms with Crippen LogP contribution in [0.3, 0.4) is 0 Å². The average Bonchev–Trinajstić information content (AvgIpc) is 3.40. The molecule has 1 aromatic heterocycles. The van der Waals surface area contributed by atoms with Crippen molar-refractivity contribution in [2.75, 3.05) is 12.0 Å². The number of ketones is 1. The van der Waals surface area contributed by atoms with E-state index in [4.69, 9.17) is 9.15 Å². The molecule has 1 heterocycles. The molecule has 0 saturated heterocycles. The monoisotopic (exact) mass is 547 g/mol. The largest absolute Gasteiger partial charge is 0.501 e. The first kappa shape index (κ1) is 25.6. The molecule has 0 amide bonds. The van der Waals surface area contributed by atoms with Gasteiger partial charge in [-0.2, -0.15) is 0 Å². The molecule has 0 atom stereocenters. The summed E-state index contributed by atoms with van der Waals surface area (Å²) in [7, 11) is 1.61. The van der Waals surface area contributed by atoms with Crippen molar-refractivity contribution in [1.82, 2.24) is 0 Å². The summed E-state index contributed by atoms with van der Waals surface area (Å²) < 4.78 is 12.0. The summed E-state index contributed by atoms with van der Waals surface area (Å²) in [6.45, 7) is 3.46. The summed E-state index contributed by atoms with van der Waals surface area (Å²) in [4.78, 5) is 15.4. The Bertz CT molecular complexity index is 2120. The quantitative estimate of drug-likeness (QED) is 0.118. The number of allylic oxidation sites excluding steroid dienone is 2. The molecule has 0 aliphatic carbocycles. The molecular formula is C38H29NO3. The highest BCUT2D eigenvalue weighted by molar-refractivity contribution is 6.30. The SMILES string of the molecule is CO/C(C)=C(\C(C)=O)c1c2ccccc2c(N(c2ccccc2)c2ccc3c(c2)oc2ccccc23)c2ccccc12. The number of hydrogen-bond acceptors (Lipinski definition) is 4. The van der Waals surface area contributed by atoms with E-state index in [0.29, 0.717) is 11.3 Å². The van der Waals surface area contributed by atoms with Crippen molar-refractivity contribution in [2.45, 2.75) is 13.8 Å². The first-order chi connectivity index (χ1) is 20.6. The van der Waals surface area contributed by atoms with Crippen LogP contribution in [-0.4, -0.2) is 12.9 Å². The van der Waals surface area contributed by atoms with Crippen LogP contribution in [0.1, 0.15) is 19.4 Å².